The molecule has 0 bridgehead atoms. The van der Waals surface area contributed by atoms with Crippen molar-refractivity contribution >= 4 is 0 Å². The third-order valence-electron chi connectivity index (χ3n) is 3.51. The highest BCUT2D eigenvalue weighted by Gasteiger charge is 2.21. The van der Waals surface area contributed by atoms with Crippen molar-refractivity contribution in [2.75, 3.05) is 33.9 Å². The fraction of sp³-hybridized carbons (Fsp3) is 1.00. The zero-order valence-electron chi connectivity index (χ0n) is 10.6. The van der Waals surface area contributed by atoms with Gasteiger partial charge in [0.15, 0.2) is 0 Å². The lowest BCUT2D eigenvalue weighted by Crippen LogP contribution is -2.45. The normalized spacial score (nSPS) is 20.6. The van der Waals surface area contributed by atoms with Gasteiger partial charge in [-0.25, -0.2) is 0 Å². The summed E-state index contributed by atoms with van der Waals surface area (Å²) in [7, 11) is 4.18. The predicted octanol–water partition coefficient (Wildman–Crippen LogP) is 1.34. The van der Waals surface area contributed by atoms with Crippen LogP contribution in [0.3, 0.4) is 0 Å². The van der Waals surface area contributed by atoms with Crippen molar-refractivity contribution in [1.82, 2.24) is 10.2 Å². The Kier molecular flexibility index (Phi) is 5.58. The third kappa shape index (κ3) is 4.96. The highest BCUT2D eigenvalue weighted by atomic mass is 16.5. The van der Waals surface area contributed by atoms with Gasteiger partial charge < -0.3 is 10.1 Å². The second-order valence-corrected chi connectivity index (χ2v) is 4.82. The Morgan fingerprint density at radius 2 is 2.07 bits per heavy atom. The second kappa shape index (κ2) is 6.46. The van der Waals surface area contributed by atoms with Gasteiger partial charge in [0.1, 0.15) is 0 Å². The van der Waals surface area contributed by atoms with Crippen LogP contribution in [0.15, 0.2) is 0 Å². The van der Waals surface area contributed by atoms with Crippen LogP contribution in [0.5, 0.6) is 0 Å². The molecule has 0 amide bonds. The van der Waals surface area contributed by atoms with E-state index >= 15 is 0 Å². The highest BCUT2D eigenvalue weighted by molar-refractivity contribution is 4.75. The van der Waals surface area contributed by atoms with E-state index in [0.29, 0.717) is 12.1 Å². The zero-order chi connectivity index (χ0) is 11.3. The van der Waals surface area contributed by atoms with Crippen molar-refractivity contribution in [3.8, 4) is 0 Å². The summed E-state index contributed by atoms with van der Waals surface area (Å²) in [5, 5.41) is 3.28. The number of hydrogen-bond acceptors (Lipinski definition) is 3. The summed E-state index contributed by atoms with van der Waals surface area (Å²) in [5.74, 6) is 0.879. The maximum absolute atomic E-state index is 5.63. The van der Waals surface area contributed by atoms with Crippen LogP contribution in [0, 0.1) is 5.92 Å². The van der Waals surface area contributed by atoms with Crippen LogP contribution >= 0.6 is 0 Å². The summed E-state index contributed by atoms with van der Waals surface area (Å²) in [6.45, 7) is 7.34. The first kappa shape index (κ1) is 12.9. The minimum Gasteiger partial charge on any atom is -0.380 e. The SMILES string of the molecule is CNC(C)C(C)N(C)CCOCC1CC1. The van der Waals surface area contributed by atoms with Crippen LogP contribution in [0.1, 0.15) is 26.7 Å². The maximum atomic E-state index is 5.63. The molecule has 1 rings (SSSR count). The van der Waals surface area contributed by atoms with Gasteiger partial charge in [-0.1, -0.05) is 0 Å². The lowest BCUT2D eigenvalue weighted by Gasteiger charge is -2.29. The molecule has 2 unspecified atom stereocenters. The Balaban J connectivity index is 2.02. The van der Waals surface area contributed by atoms with Crippen molar-refractivity contribution in [2.45, 2.75) is 38.8 Å². The number of likely N-dealkylation sites (N-methyl/N-ethyl adjacent to an activating group) is 2. The average molecular weight is 214 g/mol. The Morgan fingerprint density at radius 1 is 1.40 bits per heavy atom. The molecule has 1 fully saturated rings. The van der Waals surface area contributed by atoms with Gasteiger partial charge in [-0.3, -0.25) is 4.90 Å². The van der Waals surface area contributed by atoms with Gasteiger partial charge in [0.25, 0.3) is 0 Å². The van der Waals surface area contributed by atoms with Gasteiger partial charge in [0, 0.05) is 25.2 Å². The first-order valence-corrected chi connectivity index (χ1v) is 6.10. The molecule has 15 heavy (non-hydrogen) atoms. The maximum Gasteiger partial charge on any atom is 0.0593 e. The Morgan fingerprint density at radius 3 is 2.60 bits per heavy atom. The van der Waals surface area contributed by atoms with E-state index < -0.39 is 0 Å². The zero-order valence-corrected chi connectivity index (χ0v) is 10.6. The standard InChI is InChI=1S/C12H26N2O/c1-10(13-3)11(2)14(4)7-8-15-9-12-5-6-12/h10-13H,5-9H2,1-4H3. The molecule has 0 radical (unpaired) electrons. The molecule has 3 nitrogen and oxygen atoms in total. The molecule has 90 valence electrons. The highest BCUT2D eigenvalue weighted by Crippen LogP contribution is 2.28. The Labute approximate surface area is 94.2 Å². The van der Waals surface area contributed by atoms with Gasteiger partial charge in [-0.05, 0) is 46.7 Å². The van der Waals surface area contributed by atoms with Crippen LogP contribution in [-0.2, 0) is 4.74 Å². The van der Waals surface area contributed by atoms with Crippen molar-refractivity contribution < 1.29 is 4.74 Å². The molecule has 0 aromatic heterocycles. The molecule has 0 aliphatic heterocycles. The largest absolute Gasteiger partial charge is 0.380 e. The summed E-state index contributed by atoms with van der Waals surface area (Å²) < 4.78 is 5.63. The summed E-state index contributed by atoms with van der Waals surface area (Å²) in [6, 6.07) is 1.08. The van der Waals surface area contributed by atoms with Gasteiger partial charge in [0.2, 0.25) is 0 Å². The molecule has 0 aromatic carbocycles. The lowest BCUT2D eigenvalue weighted by molar-refractivity contribution is 0.0888. The second-order valence-electron chi connectivity index (χ2n) is 4.82. The smallest absolute Gasteiger partial charge is 0.0593 e. The predicted molar refractivity (Wildman–Crippen MR) is 64.2 cm³/mol. The molecule has 3 heteroatoms. The van der Waals surface area contributed by atoms with Crippen molar-refractivity contribution in [3.63, 3.8) is 0 Å². The number of rotatable bonds is 8. The fourth-order valence-corrected chi connectivity index (χ4v) is 1.57. The molecule has 2 atom stereocenters. The number of nitrogens with one attached hydrogen (secondary N) is 1. The fourth-order valence-electron chi connectivity index (χ4n) is 1.57. The molecule has 1 N–H and O–H groups in total. The van der Waals surface area contributed by atoms with Gasteiger partial charge in [-0.2, -0.15) is 0 Å². The van der Waals surface area contributed by atoms with Crippen LogP contribution in [0.4, 0.5) is 0 Å². The lowest BCUT2D eigenvalue weighted by atomic mass is 10.1. The van der Waals surface area contributed by atoms with E-state index in [9.17, 15) is 0 Å². The van der Waals surface area contributed by atoms with E-state index in [1.807, 2.05) is 7.05 Å². The number of nitrogens with zero attached hydrogens (tertiary/aromatic N) is 1. The van der Waals surface area contributed by atoms with Gasteiger partial charge in [-0.15, -0.1) is 0 Å². The first-order valence-electron chi connectivity index (χ1n) is 6.10. The van der Waals surface area contributed by atoms with Crippen LogP contribution in [0.25, 0.3) is 0 Å². The molecule has 0 spiro atoms. The third-order valence-corrected chi connectivity index (χ3v) is 3.51. The number of ether oxygens (including phenoxy) is 1. The summed E-state index contributed by atoms with van der Waals surface area (Å²) in [5.41, 5.74) is 0. The molecule has 0 saturated heterocycles. The molecular weight excluding hydrogens is 188 g/mol. The van der Waals surface area contributed by atoms with E-state index in [-0.39, 0.29) is 0 Å². The van der Waals surface area contributed by atoms with E-state index in [4.69, 9.17) is 4.74 Å². The molecular formula is C12H26N2O. The van der Waals surface area contributed by atoms with Crippen LogP contribution in [0.2, 0.25) is 0 Å². The Bertz CT molecular complexity index is 171. The van der Waals surface area contributed by atoms with Crippen molar-refractivity contribution in [2.24, 2.45) is 5.92 Å². The number of hydrogen-bond donors (Lipinski definition) is 1. The molecule has 1 aliphatic rings. The monoisotopic (exact) mass is 214 g/mol. The van der Waals surface area contributed by atoms with E-state index in [0.717, 1.165) is 25.7 Å². The van der Waals surface area contributed by atoms with Crippen LogP contribution in [-0.4, -0.2) is 50.8 Å². The average Bonchev–Trinajstić information content (AvgIpc) is 3.05. The van der Waals surface area contributed by atoms with Crippen molar-refractivity contribution in [3.05, 3.63) is 0 Å². The molecule has 0 heterocycles. The van der Waals surface area contributed by atoms with E-state index in [1.165, 1.54) is 12.8 Å². The quantitative estimate of drug-likeness (QED) is 0.617. The van der Waals surface area contributed by atoms with Gasteiger partial charge in [0.05, 0.1) is 6.61 Å². The van der Waals surface area contributed by atoms with Crippen LogP contribution < -0.4 is 5.32 Å². The van der Waals surface area contributed by atoms with Crippen molar-refractivity contribution in [1.29, 1.82) is 0 Å². The first-order chi connectivity index (χ1) is 7.15. The Hall–Kier alpha value is -0.120. The minimum absolute atomic E-state index is 0.526. The minimum atomic E-state index is 0.526. The molecule has 1 aliphatic carbocycles. The van der Waals surface area contributed by atoms with E-state index in [1.54, 1.807) is 0 Å². The molecule has 0 aromatic rings. The molecule has 1 saturated carbocycles. The summed E-state index contributed by atoms with van der Waals surface area (Å²) in [6.07, 6.45) is 2.76. The topological polar surface area (TPSA) is 24.5 Å². The van der Waals surface area contributed by atoms with Gasteiger partial charge >= 0.3 is 0 Å². The summed E-state index contributed by atoms with van der Waals surface area (Å²) >= 11 is 0. The summed E-state index contributed by atoms with van der Waals surface area (Å²) in [4.78, 5) is 2.36. The van der Waals surface area contributed by atoms with E-state index in [2.05, 4.69) is 31.1 Å².